The number of nitrogens with zero attached hydrogens (tertiary/aromatic N) is 1. The maximum absolute atomic E-state index is 13.3. The molecule has 1 fully saturated rings. The summed E-state index contributed by atoms with van der Waals surface area (Å²) in [5.41, 5.74) is 4.11. The lowest BCUT2D eigenvalue weighted by Gasteiger charge is -2.31. The van der Waals surface area contributed by atoms with Gasteiger partial charge in [-0.3, -0.25) is 9.59 Å². The molecule has 1 aliphatic rings. The van der Waals surface area contributed by atoms with Crippen LogP contribution in [0.15, 0.2) is 54.7 Å². The molecule has 0 bridgehead atoms. The van der Waals surface area contributed by atoms with Crippen molar-refractivity contribution < 1.29 is 14.3 Å². The number of fused-ring (bicyclic) bond motifs is 1. The third-order valence-corrected chi connectivity index (χ3v) is 6.88. The monoisotopic (exact) mass is 432 g/mol. The first-order valence-electron chi connectivity index (χ1n) is 11.5. The number of esters is 1. The van der Waals surface area contributed by atoms with Gasteiger partial charge in [-0.25, -0.2) is 0 Å². The number of carbonyl (C=O) groups is 2. The zero-order valence-electron chi connectivity index (χ0n) is 19.1. The summed E-state index contributed by atoms with van der Waals surface area (Å²) in [6.45, 7) is 4.88. The van der Waals surface area contributed by atoms with Crippen LogP contribution < -0.4 is 5.32 Å². The van der Waals surface area contributed by atoms with Gasteiger partial charge in [0.2, 0.25) is 0 Å². The molecule has 0 aliphatic heterocycles. The molecule has 0 radical (unpaired) electrons. The summed E-state index contributed by atoms with van der Waals surface area (Å²) in [6.07, 6.45) is 5.56. The van der Waals surface area contributed by atoms with Gasteiger partial charge >= 0.3 is 5.97 Å². The molecule has 0 spiro atoms. The molecule has 1 aliphatic carbocycles. The van der Waals surface area contributed by atoms with Crippen molar-refractivity contribution in [2.75, 3.05) is 7.11 Å². The average molecular weight is 433 g/mol. The Bertz CT molecular complexity index is 1090. The number of hydrogen-bond acceptors (Lipinski definition) is 3. The van der Waals surface area contributed by atoms with Crippen LogP contribution in [-0.2, 0) is 16.1 Å². The molecule has 3 aromatic rings. The number of para-hydroxylation sites is 1. The lowest BCUT2D eigenvalue weighted by molar-refractivity contribution is -0.146. The highest BCUT2D eigenvalue weighted by Gasteiger charge is 2.30. The fourth-order valence-electron chi connectivity index (χ4n) is 4.89. The van der Waals surface area contributed by atoms with E-state index in [-0.39, 0.29) is 23.8 Å². The predicted octanol–water partition coefficient (Wildman–Crippen LogP) is 5.10. The highest BCUT2D eigenvalue weighted by Crippen LogP contribution is 2.32. The normalized spacial score (nSPS) is 19.5. The zero-order valence-corrected chi connectivity index (χ0v) is 19.1. The summed E-state index contributed by atoms with van der Waals surface area (Å²) < 4.78 is 7.04. The molecule has 1 unspecified atom stereocenters. The second-order valence-electron chi connectivity index (χ2n) is 9.07. The number of aryl methyl sites for hydroxylation is 1. The fourth-order valence-corrected chi connectivity index (χ4v) is 4.89. The fraction of sp³-hybridized carbons (Fsp3) is 0.407. The number of aromatic nitrogens is 1. The van der Waals surface area contributed by atoms with Gasteiger partial charge in [0.25, 0.3) is 5.91 Å². The van der Waals surface area contributed by atoms with Gasteiger partial charge in [0.15, 0.2) is 0 Å². The van der Waals surface area contributed by atoms with Crippen molar-refractivity contribution in [3.63, 3.8) is 0 Å². The number of hydrogen-bond donors (Lipinski definition) is 1. The SMILES string of the molecule is COC(=O)[C@H]1CC[C@H](C(C)NC(=O)c2cccc3ccn(Cc4ccc(C)cc4)c23)CC1. The Morgan fingerprint density at radius 3 is 2.47 bits per heavy atom. The lowest BCUT2D eigenvalue weighted by Crippen LogP contribution is -2.40. The molecule has 1 aromatic heterocycles. The van der Waals surface area contributed by atoms with E-state index < -0.39 is 0 Å². The molecule has 5 heteroatoms. The standard InChI is InChI=1S/C27H32N2O3/c1-18-7-9-20(10-8-18)17-29-16-15-22-5-4-6-24(25(22)29)26(30)28-19(2)21-11-13-23(14-12-21)27(31)32-3/h4-10,15-16,19,21,23H,11-14,17H2,1-3H3,(H,28,30)/t19?,21-,23-. The number of methoxy groups -OCH3 is 1. The predicted molar refractivity (Wildman–Crippen MR) is 127 cm³/mol. The van der Waals surface area contributed by atoms with E-state index in [1.807, 2.05) is 12.1 Å². The van der Waals surface area contributed by atoms with Crippen molar-refractivity contribution in [1.29, 1.82) is 0 Å². The van der Waals surface area contributed by atoms with Gasteiger partial charge in [-0.2, -0.15) is 0 Å². The number of nitrogens with one attached hydrogen (secondary N) is 1. The van der Waals surface area contributed by atoms with Crippen molar-refractivity contribution in [2.24, 2.45) is 11.8 Å². The molecule has 1 atom stereocenters. The molecular formula is C27H32N2O3. The van der Waals surface area contributed by atoms with E-state index in [0.717, 1.165) is 43.1 Å². The number of rotatable bonds is 6. The lowest BCUT2D eigenvalue weighted by atomic mass is 9.79. The summed E-state index contributed by atoms with van der Waals surface area (Å²) in [4.78, 5) is 25.1. The molecule has 5 nitrogen and oxygen atoms in total. The van der Waals surface area contributed by atoms with Crippen LogP contribution in [0.1, 0.15) is 54.1 Å². The molecule has 168 valence electrons. The van der Waals surface area contributed by atoms with Crippen LogP contribution in [0.25, 0.3) is 10.9 Å². The number of amides is 1. The van der Waals surface area contributed by atoms with Crippen molar-refractivity contribution in [2.45, 2.75) is 52.1 Å². The molecule has 1 N–H and O–H groups in total. The van der Waals surface area contributed by atoms with Gasteiger partial charge in [0.1, 0.15) is 0 Å². The molecule has 1 heterocycles. The van der Waals surface area contributed by atoms with Crippen molar-refractivity contribution in [3.05, 3.63) is 71.4 Å². The Labute approximate surface area is 189 Å². The molecule has 32 heavy (non-hydrogen) atoms. The highest BCUT2D eigenvalue weighted by molar-refractivity contribution is 6.06. The van der Waals surface area contributed by atoms with Crippen LogP contribution >= 0.6 is 0 Å². The van der Waals surface area contributed by atoms with E-state index in [2.05, 4.69) is 66.3 Å². The van der Waals surface area contributed by atoms with E-state index in [9.17, 15) is 9.59 Å². The topological polar surface area (TPSA) is 60.3 Å². The van der Waals surface area contributed by atoms with Crippen LogP contribution in [0, 0.1) is 18.8 Å². The van der Waals surface area contributed by atoms with Crippen LogP contribution in [0.3, 0.4) is 0 Å². The Morgan fingerprint density at radius 1 is 1.06 bits per heavy atom. The van der Waals surface area contributed by atoms with E-state index in [0.29, 0.717) is 11.5 Å². The van der Waals surface area contributed by atoms with Gasteiger partial charge in [-0.15, -0.1) is 0 Å². The number of carbonyl (C=O) groups excluding carboxylic acids is 2. The van der Waals surface area contributed by atoms with Crippen molar-refractivity contribution in [1.82, 2.24) is 9.88 Å². The van der Waals surface area contributed by atoms with Crippen LogP contribution in [0.2, 0.25) is 0 Å². The second-order valence-corrected chi connectivity index (χ2v) is 9.07. The summed E-state index contributed by atoms with van der Waals surface area (Å²) in [5, 5.41) is 4.30. The van der Waals surface area contributed by atoms with E-state index in [4.69, 9.17) is 4.74 Å². The highest BCUT2D eigenvalue weighted by atomic mass is 16.5. The summed E-state index contributed by atoms with van der Waals surface area (Å²) >= 11 is 0. The first-order valence-corrected chi connectivity index (χ1v) is 11.5. The maximum atomic E-state index is 13.3. The minimum Gasteiger partial charge on any atom is -0.469 e. The first kappa shape index (κ1) is 22.1. The molecular weight excluding hydrogens is 400 g/mol. The Hall–Kier alpha value is -3.08. The van der Waals surface area contributed by atoms with Gasteiger partial charge in [-0.1, -0.05) is 42.0 Å². The van der Waals surface area contributed by atoms with Gasteiger partial charge in [0, 0.05) is 24.2 Å². The third-order valence-electron chi connectivity index (χ3n) is 6.88. The third kappa shape index (κ3) is 4.72. The van der Waals surface area contributed by atoms with Crippen LogP contribution in [-0.4, -0.2) is 29.6 Å². The number of benzene rings is 2. The Morgan fingerprint density at radius 2 is 1.78 bits per heavy atom. The van der Waals surface area contributed by atoms with E-state index in [1.165, 1.54) is 18.2 Å². The first-order chi connectivity index (χ1) is 15.5. The number of ether oxygens (including phenoxy) is 1. The molecule has 1 amide bonds. The van der Waals surface area contributed by atoms with E-state index in [1.54, 1.807) is 0 Å². The molecule has 4 rings (SSSR count). The summed E-state index contributed by atoms with van der Waals surface area (Å²) in [7, 11) is 1.45. The molecule has 2 aromatic carbocycles. The van der Waals surface area contributed by atoms with E-state index >= 15 is 0 Å². The van der Waals surface area contributed by atoms with Crippen LogP contribution in [0.4, 0.5) is 0 Å². The van der Waals surface area contributed by atoms with Crippen LogP contribution in [0.5, 0.6) is 0 Å². The largest absolute Gasteiger partial charge is 0.469 e. The average Bonchev–Trinajstić information content (AvgIpc) is 3.23. The summed E-state index contributed by atoms with van der Waals surface area (Å²) in [5.74, 6) is 0.222. The quantitative estimate of drug-likeness (QED) is 0.552. The van der Waals surface area contributed by atoms with Crippen molar-refractivity contribution in [3.8, 4) is 0 Å². The minimum atomic E-state index is -0.110. The Kier molecular flexibility index (Phi) is 6.63. The second kappa shape index (κ2) is 9.60. The zero-order chi connectivity index (χ0) is 22.7. The molecule has 0 saturated heterocycles. The molecule has 1 saturated carbocycles. The van der Waals surface area contributed by atoms with Crippen molar-refractivity contribution >= 4 is 22.8 Å². The van der Waals surface area contributed by atoms with Gasteiger partial charge < -0.3 is 14.6 Å². The smallest absolute Gasteiger partial charge is 0.308 e. The Balaban J connectivity index is 1.48. The minimum absolute atomic E-state index is 0.00190. The van der Waals surface area contributed by atoms with Gasteiger partial charge in [0.05, 0.1) is 24.1 Å². The maximum Gasteiger partial charge on any atom is 0.308 e. The van der Waals surface area contributed by atoms with Gasteiger partial charge in [-0.05, 0) is 63.1 Å². The summed E-state index contributed by atoms with van der Waals surface area (Å²) in [6, 6.07) is 16.5.